The number of hydrogen-bond donors (Lipinski definition) is 1. The number of carbonyl (C=O) groups is 2. The van der Waals surface area contributed by atoms with Gasteiger partial charge in [-0.15, -0.1) is 11.3 Å². The van der Waals surface area contributed by atoms with Crippen molar-refractivity contribution < 1.29 is 14.3 Å². The van der Waals surface area contributed by atoms with Gasteiger partial charge in [-0.05, 0) is 42.5 Å². The van der Waals surface area contributed by atoms with E-state index < -0.39 is 6.04 Å². The molecular formula is C24H25N3O3S. The van der Waals surface area contributed by atoms with Crippen molar-refractivity contribution in [3.05, 3.63) is 82.8 Å². The van der Waals surface area contributed by atoms with Crippen molar-refractivity contribution in [2.75, 3.05) is 18.1 Å². The van der Waals surface area contributed by atoms with Crippen LogP contribution in [-0.4, -0.2) is 36.1 Å². The van der Waals surface area contributed by atoms with Crippen LogP contribution in [-0.2, 0) is 20.7 Å². The predicted octanol–water partition coefficient (Wildman–Crippen LogP) is 3.76. The summed E-state index contributed by atoms with van der Waals surface area (Å²) in [7, 11) is 0. The number of nitrogens with zero attached hydrogens (tertiary/aromatic N) is 2. The maximum Gasteiger partial charge on any atom is 0.247 e. The molecule has 31 heavy (non-hydrogen) atoms. The average molecular weight is 436 g/mol. The summed E-state index contributed by atoms with van der Waals surface area (Å²) in [6, 6.07) is 16.0. The summed E-state index contributed by atoms with van der Waals surface area (Å²) in [6.07, 6.45) is 5.48. The first-order valence-corrected chi connectivity index (χ1v) is 11.3. The van der Waals surface area contributed by atoms with E-state index in [9.17, 15) is 9.59 Å². The van der Waals surface area contributed by atoms with E-state index in [-0.39, 0.29) is 24.3 Å². The molecule has 160 valence electrons. The predicted molar refractivity (Wildman–Crippen MR) is 121 cm³/mol. The molecule has 6 nitrogen and oxygen atoms in total. The van der Waals surface area contributed by atoms with Crippen LogP contribution in [0.1, 0.15) is 29.3 Å². The van der Waals surface area contributed by atoms with Gasteiger partial charge in [-0.1, -0.05) is 30.3 Å². The molecule has 0 bridgehead atoms. The minimum Gasteiger partial charge on any atom is -0.376 e. The number of para-hydroxylation sites is 1. The molecule has 2 aromatic heterocycles. The SMILES string of the molecule is O=C(NC[C@H]1CCCO1)[C@H](c1cccnc1)N(C(=O)Cc1cccs1)c1ccccc1. The van der Waals surface area contributed by atoms with E-state index >= 15 is 0 Å². The Morgan fingerprint density at radius 2 is 2.03 bits per heavy atom. The topological polar surface area (TPSA) is 71.5 Å². The molecule has 3 aromatic rings. The summed E-state index contributed by atoms with van der Waals surface area (Å²) in [6.45, 7) is 1.15. The van der Waals surface area contributed by atoms with E-state index in [0.29, 0.717) is 17.8 Å². The number of rotatable bonds is 8. The lowest BCUT2D eigenvalue weighted by atomic mass is 10.0. The van der Waals surface area contributed by atoms with Crippen LogP contribution in [0.15, 0.2) is 72.4 Å². The molecule has 0 spiro atoms. The van der Waals surface area contributed by atoms with Gasteiger partial charge in [-0.3, -0.25) is 19.5 Å². The molecule has 1 fully saturated rings. The zero-order chi connectivity index (χ0) is 21.5. The van der Waals surface area contributed by atoms with Crippen LogP contribution in [0.25, 0.3) is 0 Å². The molecule has 0 aliphatic carbocycles. The summed E-state index contributed by atoms with van der Waals surface area (Å²) in [5.41, 5.74) is 1.33. The van der Waals surface area contributed by atoms with E-state index in [1.54, 1.807) is 23.4 Å². The number of ether oxygens (including phenoxy) is 1. The fourth-order valence-electron chi connectivity index (χ4n) is 3.74. The third-order valence-electron chi connectivity index (χ3n) is 5.24. The minimum absolute atomic E-state index is 0.0190. The van der Waals surface area contributed by atoms with Crippen LogP contribution in [0.4, 0.5) is 5.69 Å². The molecule has 0 unspecified atom stereocenters. The molecular weight excluding hydrogens is 410 g/mol. The molecule has 1 saturated heterocycles. The van der Waals surface area contributed by atoms with Crippen molar-refractivity contribution in [2.45, 2.75) is 31.4 Å². The zero-order valence-electron chi connectivity index (χ0n) is 17.1. The highest BCUT2D eigenvalue weighted by Crippen LogP contribution is 2.29. The maximum atomic E-state index is 13.5. The Bertz CT molecular complexity index is 974. The molecule has 2 amide bonds. The molecule has 4 rings (SSSR count). The van der Waals surface area contributed by atoms with Crippen LogP contribution in [0.3, 0.4) is 0 Å². The first kappa shape index (κ1) is 21.2. The van der Waals surface area contributed by atoms with Crippen molar-refractivity contribution in [2.24, 2.45) is 0 Å². The number of benzene rings is 1. The first-order chi connectivity index (χ1) is 15.2. The standard InChI is InChI=1S/C24H25N3O3S/c28-22(15-21-11-6-14-31-21)27(19-8-2-1-3-9-19)23(18-7-4-12-25-16-18)24(29)26-17-20-10-5-13-30-20/h1-4,6-9,11-12,14,16,20,23H,5,10,13,15,17H2,(H,26,29)/t20-,23+/m1/s1. The fourth-order valence-corrected chi connectivity index (χ4v) is 4.44. The molecule has 7 heteroatoms. The normalized spacial score (nSPS) is 16.6. The zero-order valence-corrected chi connectivity index (χ0v) is 18.0. The van der Waals surface area contributed by atoms with Gasteiger partial charge in [0.25, 0.3) is 0 Å². The summed E-state index contributed by atoms with van der Waals surface area (Å²) >= 11 is 1.53. The molecule has 2 atom stereocenters. The third kappa shape index (κ3) is 5.37. The molecule has 0 saturated carbocycles. The fraction of sp³-hybridized carbons (Fsp3) is 0.292. The van der Waals surface area contributed by atoms with E-state index in [1.807, 2.05) is 53.9 Å². The number of pyridine rings is 1. The number of nitrogens with one attached hydrogen (secondary N) is 1. The number of carbonyl (C=O) groups excluding carboxylic acids is 2. The van der Waals surface area contributed by atoms with E-state index in [1.165, 1.54) is 11.3 Å². The summed E-state index contributed by atoms with van der Waals surface area (Å²) < 4.78 is 5.65. The lowest BCUT2D eigenvalue weighted by molar-refractivity contribution is -0.126. The lowest BCUT2D eigenvalue weighted by Gasteiger charge is -2.31. The quantitative estimate of drug-likeness (QED) is 0.585. The molecule has 1 aliphatic heterocycles. The van der Waals surface area contributed by atoms with Gasteiger partial charge in [0, 0.05) is 41.7 Å². The van der Waals surface area contributed by atoms with Gasteiger partial charge in [0.2, 0.25) is 11.8 Å². The van der Waals surface area contributed by atoms with Gasteiger partial charge >= 0.3 is 0 Å². The van der Waals surface area contributed by atoms with Gasteiger partial charge in [0.05, 0.1) is 12.5 Å². The smallest absolute Gasteiger partial charge is 0.247 e. The van der Waals surface area contributed by atoms with Gasteiger partial charge < -0.3 is 10.1 Å². The summed E-state index contributed by atoms with van der Waals surface area (Å²) in [4.78, 5) is 33.7. The molecule has 1 N–H and O–H groups in total. The number of anilines is 1. The summed E-state index contributed by atoms with van der Waals surface area (Å²) in [5, 5.41) is 4.95. The summed E-state index contributed by atoms with van der Waals surface area (Å²) in [5.74, 6) is -0.387. The van der Waals surface area contributed by atoms with Crippen LogP contribution in [0, 0.1) is 0 Å². The monoisotopic (exact) mass is 435 g/mol. The second-order valence-electron chi connectivity index (χ2n) is 7.42. The number of thiophene rings is 1. The van der Waals surface area contributed by atoms with E-state index in [0.717, 1.165) is 24.3 Å². The van der Waals surface area contributed by atoms with Crippen molar-refractivity contribution in [3.63, 3.8) is 0 Å². The average Bonchev–Trinajstić information content (AvgIpc) is 3.51. The Morgan fingerprint density at radius 1 is 1.16 bits per heavy atom. The molecule has 0 radical (unpaired) electrons. The second-order valence-corrected chi connectivity index (χ2v) is 8.46. The second kappa shape index (κ2) is 10.3. The van der Waals surface area contributed by atoms with Gasteiger partial charge in [-0.2, -0.15) is 0 Å². The number of amides is 2. The van der Waals surface area contributed by atoms with Crippen molar-refractivity contribution in [3.8, 4) is 0 Å². The largest absolute Gasteiger partial charge is 0.376 e. The van der Waals surface area contributed by atoms with Crippen molar-refractivity contribution in [1.82, 2.24) is 10.3 Å². The Kier molecular flexibility index (Phi) is 7.07. The third-order valence-corrected chi connectivity index (χ3v) is 6.12. The molecule has 3 heterocycles. The van der Waals surface area contributed by atoms with Gasteiger partial charge in [0.1, 0.15) is 6.04 Å². The first-order valence-electron chi connectivity index (χ1n) is 10.4. The van der Waals surface area contributed by atoms with Gasteiger partial charge in [-0.25, -0.2) is 0 Å². The Morgan fingerprint density at radius 3 is 2.71 bits per heavy atom. The molecule has 1 aliphatic rings. The maximum absolute atomic E-state index is 13.5. The molecule has 1 aromatic carbocycles. The van der Waals surface area contributed by atoms with E-state index in [2.05, 4.69) is 10.3 Å². The number of hydrogen-bond acceptors (Lipinski definition) is 5. The van der Waals surface area contributed by atoms with Crippen molar-refractivity contribution in [1.29, 1.82) is 0 Å². The number of aromatic nitrogens is 1. The van der Waals surface area contributed by atoms with Crippen LogP contribution in [0.2, 0.25) is 0 Å². The Balaban J connectivity index is 1.66. The lowest BCUT2D eigenvalue weighted by Crippen LogP contribution is -2.46. The van der Waals surface area contributed by atoms with Crippen LogP contribution in [0.5, 0.6) is 0 Å². The highest BCUT2D eigenvalue weighted by atomic mass is 32.1. The highest BCUT2D eigenvalue weighted by molar-refractivity contribution is 7.10. The minimum atomic E-state index is -0.829. The van der Waals surface area contributed by atoms with Crippen LogP contribution < -0.4 is 10.2 Å². The van der Waals surface area contributed by atoms with Gasteiger partial charge in [0.15, 0.2) is 0 Å². The van der Waals surface area contributed by atoms with Crippen molar-refractivity contribution >= 4 is 28.8 Å². The van der Waals surface area contributed by atoms with Crippen LogP contribution >= 0.6 is 11.3 Å². The Hall–Kier alpha value is -3.03. The highest BCUT2D eigenvalue weighted by Gasteiger charge is 2.33. The Labute approximate surface area is 185 Å². The van der Waals surface area contributed by atoms with E-state index in [4.69, 9.17) is 4.74 Å².